The average Bonchev–Trinajstić information content (AvgIpc) is 2.48. The summed E-state index contributed by atoms with van der Waals surface area (Å²) in [5, 5.41) is 3.61. The van der Waals surface area contributed by atoms with Crippen LogP contribution in [0.5, 0.6) is 0 Å². The number of carbonyl (C=O) groups is 1. The van der Waals surface area contributed by atoms with Crippen LogP contribution >= 0.6 is 11.6 Å². The molecular weight excluding hydrogens is 274 g/mol. The summed E-state index contributed by atoms with van der Waals surface area (Å²) >= 11 is 6.17. The number of urea groups is 1. The van der Waals surface area contributed by atoms with E-state index < -0.39 is 0 Å². The molecule has 1 aromatic rings. The zero-order valence-corrected chi connectivity index (χ0v) is 12.3. The lowest BCUT2D eigenvalue weighted by atomic mass is 10.2. The van der Waals surface area contributed by atoms with Crippen LogP contribution in [0.25, 0.3) is 0 Å². The first-order chi connectivity index (χ1) is 9.70. The molecule has 1 heterocycles. The van der Waals surface area contributed by atoms with E-state index in [1.165, 1.54) is 0 Å². The fourth-order valence-electron chi connectivity index (χ4n) is 2.25. The molecular formula is C15H20ClN3O. The van der Waals surface area contributed by atoms with Crippen molar-refractivity contribution < 1.29 is 4.79 Å². The Bertz CT molecular complexity index is 470. The molecule has 1 saturated heterocycles. The minimum atomic E-state index is -0.0118. The maximum Gasteiger partial charge on any atom is 0.317 e. The van der Waals surface area contributed by atoms with Crippen LogP contribution in [-0.4, -0.2) is 48.6 Å². The molecule has 1 N–H and O–H groups in total. The van der Waals surface area contributed by atoms with Crippen molar-refractivity contribution in [1.29, 1.82) is 0 Å². The van der Waals surface area contributed by atoms with Crippen LogP contribution in [-0.2, 0) is 6.54 Å². The Morgan fingerprint density at radius 2 is 2.00 bits per heavy atom. The topological polar surface area (TPSA) is 35.6 Å². The normalized spacial score (nSPS) is 15.9. The molecule has 108 valence electrons. The number of amides is 2. The maximum absolute atomic E-state index is 11.8. The van der Waals surface area contributed by atoms with E-state index in [0.717, 1.165) is 43.3 Å². The number of rotatable bonds is 4. The Hall–Kier alpha value is -1.52. The number of benzene rings is 1. The van der Waals surface area contributed by atoms with Gasteiger partial charge in [-0.2, -0.15) is 0 Å². The maximum atomic E-state index is 11.8. The first-order valence-corrected chi connectivity index (χ1v) is 7.18. The number of piperazine rings is 1. The number of halogens is 1. The molecule has 5 heteroatoms. The van der Waals surface area contributed by atoms with Crippen LogP contribution < -0.4 is 5.32 Å². The minimum Gasteiger partial charge on any atom is -0.335 e. The molecule has 1 aliphatic rings. The van der Waals surface area contributed by atoms with Crippen molar-refractivity contribution in [2.75, 3.05) is 32.7 Å². The molecule has 0 aromatic heterocycles. The lowest BCUT2D eigenvalue weighted by Gasteiger charge is -2.34. The van der Waals surface area contributed by atoms with Gasteiger partial charge in [0.25, 0.3) is 0 Å². The van der Waals surface area contributed by atoms with Gasteiger partial charge >= 0.3 is 6.03 Å². The summed E-state index contributed by atoms with van der Waals surface area (Å²) in [6, 6.07) is 7.89. The molecule has 2 rings (SSSR count). The molecule has 1 fully saturated rings. The summed E-state index contributed by atoms with van der Waals surface area (Å²) in [6.07, 6.45) is 1.69. The first kappa shape index (κ1) is 14.9. The molecule has 0 saturated carbocycles. The summed E-state index contributed by atoms with van der Waals surface area (Å²) in [5.41, 5.74) is 1.14. The number of hydrogen-bond acceptors (Lipinski definition) is 2. The Morgan fingerprint density at radius 1 is 1.30 bits per heavy atom. The zero-order valence-electron chi connectivity index (χ0n) is 11.5. The second-order valence-corrected chi connectivity index (χ2v) is 5.24. The van der Waals surface area contributed by atoms with E-state index >= 15 is 0 Å². The van der Waals surface area contributed by atoms with Crippen LogP contribution in [0.1, 0.15) is 5.56 Å². The van der Waals surface area contributed by atoms with Crippen LogP contribution in [0.3, 0.4) is 0 Å². The van der Waals surface area contributed by atoms with E-state index in [-0.39, 0.29) is 6.03 Å². The summed E-state index contributed by atoms with van der Waals surface area (Å²) < 4.78 is 0. The molecule has 0 unspecified atom stereocenters. The first-order valence-electron chi connectivity index (χ1n) is 6.80. The highest BCUT2D eigenvalue weighted by Crippen LogP contribution is 2.17. The van der Waals surface area contributed by atoms with E-state index in [4.69, 9.17) is 11.6 Å². The molecule has 4 nitrogen and oxygen atoms in total. The van der Waals surface area contributed by atoms with Gasteiger partial charge < -0.3 is 10.2 Å². The molecule has 1 aliphatic heterocycles. The van der Waals surface area contributed by atoms with Gasteiger partial charge in [-0.3, -0.25) is 4.90 Å². The van der Waals surface area contributed by atoms with Crippen LogP contribution in [0, 0.1) is 0 Å². The lowest BCUT2D eigenvalue weighted by Crippen LogP contribution is -2.51. The van der Waals surface area contributed by atoms with E-state index in [1.807, 2.05) is 29.2 Å². The molecule has 0 aliphatic carbocycles. The third-order valence-electron chi connectivity index (χ3n) is 3.41. The van der Waals surface area contributed by atoms with Crippen LogP contribution in [0.4, 0.5) is 4.79 Å². The number of carbonyl (C=O) groups excluding carboxylic acids is 1. The fraction of sp³-hybridized carbons (Fsp3) is 0.400. The summed E-state index contributed by atoms with van der Waals surface area (Å²) in [5.74, 6) is 0. The van der Waals surface area contributed by atoms with Gasteiger partial charge in [-0.15, -0.1) is 6.58 Å². The molecule has 0 atom stereocenters. The van der Waals surface area contributed by atoms with Crippen molar-refractivity contribution >= 4 is 17.6 Å². The largest absolute Gasteiger partial charge is 0.335 e. The van der Waals surface area contributed by atoms with Crippen LogP contribution in [0.15, 0.2) is 36.9 Å². The Balaban J connectivity index is 1.81. The smallest absolute Gasteiger partial charge is 0.317 e. The zero-order chi connectivity index (χ0) is 14.4. The summed E-state index contributed by atoms with van der Waals surface area (Å²) in [7, 11) is 0. The van der Waals surface area contributed by atoms with Crippen molar-refractivity contribution in [2.24, 2.45) is 0 Å². The fourth-order valence-corrected chi connectivity index (χ4v) is 2.44. The second kappa shape index (κ2) is 7.31. The molecule has 0 spiro atoms. The molecule has 0 radical (unpaired) electrons. The van der Waals surface area contributed by atoms with E-state index in [2.05, 4.69) is 16.8 Å². The molecule has 1 aromatic carbocycles. The highest BCUT2D eigenvalue weighted by Gasteiger charge is 2.20. The van der Waals surface area contributed by atoms with Crippen LogP contribution in [0.2, 0.25) is 5.02 Å². The highest BCUT2D eigenvalue weighted by molar-refractivity contribution is 6.31. The van der Waals surface area contributed by atoms with Gasteiger partial charge in [0.2, 0.25) is 0 Å². The van der Waals surface area contributed by atoms with Gasteiger partial charge in [0.15, 0.2) is 0 Å². The van der Waals surface area contributed by atoms with Crippen molar-refractivity contribution in [2.45, 2.75) is 6.54 Å². The van der Waals surface area contributed by atoms with E-state index in [9.17, 15) is 4.79 Å². The van der Waals surface area contributed by atoms with Gasteiger partial charge in [-0.05, 0) is 11.6 Å². The van der Waals surface area contributed by atoms with Crippen molar-refractivity contribution in [1.82, 2.24) is 15.1 Å². The predicted octanol–water partition coefficient (Wildman–Crippen LogP) is 2.35. The average molecular weight is 294 g/mol. The number of nitrogens with one attached hydrogen (secondary N) is 1. The Morgan fingerprint density at radius 3 is 2.65 bits per heavy atom. The van der Waals surface area contributed by atoms with E-state index in [1.54, 1.807) is 6.08 Å². The van der Waals surface area contributed by atoms with E-state index in [0.29, 0.717) is 6.54 Å². The van der Waals surface area contributed by atoms with Crippen molar-refractivity contribution in [3.8, 4) is 0 Å². The predicted molar refractivity (Wildman–Crippen MR) is 81.9 cm³/mol. The molecule has 0 bridgehead atoms. The standard InChI is InChI=1S/C15H20ClN3O/c1-2-7-17-15(20)19-10-8-18(9-11-19)12-13-5-3-4-6-14(13)16/h2-6H,1,7-12H2,(H,17,20). The van der Waals surface area contributed by atoms with Crippen molar-refractivity contribution in [3.05, 3.63) is 47.5 Å². The Labute approximate surface area is 125 Å². The Kier molecular flexibility index (Phi) is 5.44. The highest BCUT2D eigenvalue weighted by atomic mass is 35.5. The number of nitrogens with zero attached hydrogens (tertiary/aromatic N) is 2. The van der Waals surface area contributed by atoms with Gasteiger partial charge in [-0.25, -0.2) is 4.79 Å². The monoisotopic (exact) mass is 293 g/mol. The summed E-state index contributed by atoms with van der Waals surface area (Å²) in [6.45, 7) is 8.16. The van der Waals surface area contributed by atoms with Gasteiger partial charge in [-0.1, -0.05) is 35.9 Å². The summed E-state index contributed by atoms with van der Waals surface area (Å²) in [4.78, 5) is 16.0. The van der Waals surface area contributed by atoms with Crippen molar-refractivity contribution in [3.63, 3.8) is 0 Å². The lowest BCUT2D eigenvalue weighted by molar-refractivity contribution is 0.136. The number of hydrogen-bond donors (Lipinski definition) is 1. The van der Waals surface area contributed by atoms with Gasteiger partial charge in [0, 0.05) is 44.3 Å². The third kappa shape index (κ3) is 3.99. The second-order valence-electron chi connectivity index (χ2n) is 4.83. The van der Waals surface area contributed by atoms with Gasteiger partial charge in [0.1, 0.15) is 0 Å². The molecule has 2 amide bonds. The quantitative estimate of drug-likeness (QED) is 0.865. The molecule has 20 heavy (non-hydrogen) atoms. The SMILES string of the molecule is C=CCNC(=O)N1CCN(Cc2ccccc2Cl)CC1. The third-order valence-corrected chi connectivity index (χ3v) is 3.78. The minimum absolute atomic E-state index is 0.0118. The van der Waals surface area contributed by atoms with Gasteiger partial charge in [0.05, 0.1) is 0 Å².